The molecule has 0 saturated heterocycles. The van der Waals surface area contributed by atoms with E-state index >= 15 is 0 Å². The molecule has 0 fully saturated rings. The summed E-state index contributed by atoms with van der Waals surface area (Å²) < 4.78 is 0. The Hall–Kier alpha value is 0.413. The second-order valence-corrected chi connectivity index (χ2v) is 9.02. The van der Waals surface area contributed by atoms with Gasteiger partial charge in [0.15, 0.2) is 0 Å². The van der Waals surface area contributed by atoms with Crippen LogP contribution in [0.25, 0.3) is 5.57 Å². The zero-order chi connectivity index (χ0) is 27.2. The van der Waals surface area contributed by atoms with Crippen LogP contribution in [0.5, 0.6) is 0 Å². The van der Waals surface area contributed by atoms with Crippen molar-refractivity contribution in [3.05, 3.63) is 134 Å². The Kier molecular flexibility index (Phi) is 37.3. The average molecular weight is 576 g/mol. The van der Waals surface area contributed by atoms with Crippen molar-refractivity contribution in [2.45, 2.75) is 92.9 Å². The van der Waals surface area contributed by atoms with Gasteiger partial charge in [-0.2, -0.15) is 11.6 Å². The second-order valence-electron chi connectivity index (χ2n) is 9.02. The minimum absolute atomic E-state index is 0. The zero-order valence-corrected chi connectivity index (χ0v) is 33.3. The standard InChI is InChI=1S/C25H27.C8H15.C3H8.CH3.2K/c1-5-7-17-25(24(6-2)23-15-9-8-10-16-23)21(4)22-14-12-11-13-20(3)18-19-22;1-4-6-8(3)7-5-2;1-3-2;;;/h6,8-9,11-14,16-17H,2,4-5,7,18-19H2,1,3H3;6H,3-5,7H2,1-2H3;3H2,1-2H3;1H3;;/q-3;-1;;-1;2*+1/b12-11-,20-13+,22-14+,24-6+,25-17+;8-6-;;;;. The van der Waals surface area contributed by atoms with E-state index in [0.717, 1.165) is 60.8 Å². The molecule has 0 unspecified atom stereocenters. The van der Waals surface area contributed by atoms with Gasteiger partial charge in [-0.15, -0.1) is 6.42 Å². The molecule has 0 spiro atoms. The van der Waals surface area contributed by atoms with Gasteiger partial charge in [0.25, 0.3) is 0 Å². The summed E-state index contributed by atoms with van der Waals surface area (Å²) in [5.74, 6) is 0. The molecule has 2 heteroatoms. The molecule has 1 aromatic carbocycles. The molecule has 0 radical (unpaired) electrons. The number of allylic oxidation sites excluding steroid dienone is 13. The fraction of sp³-hybridized carbons (Fsp3) is 0.378. The summed E-state index contributed by atoms with van der Waals surface area (Å²) in [6.07, 6.45) is 23.9. The van der Waals surface area contributed by atoms with Gasteiger partial charge in [0.1, 0.15) is 0 Å². The first-order chi connectivity index (χ1) is 17.4. The Labute approximate surface area is 330 Å². The van der Waals surface area contributed by atoms with E-state index < -0.39 is 0 Å². The van der Waals surface area contributed by atoms with Crippen LogP contribution in [0, 0.1) is 33.4 Å². The van der Waals surface area contributed by atoms with Crippen molar-refractivity contribution in [2.75, 3.05) is 0 Å². The van der Waals surface area contributed by atoms with Crippen molar-refractivity contribution in [1.82, 2.24) is 0 Å². The van der Waals surface area contributed by atoms with Crippen LogP contribution < -0.4 is 103 Å². The first kappa shape index (κ1) is 46.4. The topological polar surface area (TPSA) is 0 Å². The third-order valence-corrected chi connectivity index (χ3v) is 5.42. The molecule has 0 aliphatic heterocycles. The predicted octanol–water partition coefficient (Wildman–Crippen LogP) is 5.84. The largest absolute Gasteiger partial charge is 1.00 e. The molecule has 0 atom stereocenters. The normalized spacial score (nSPS) is 16.6. The van der Waals surface area contributed by atoms with E-state index in [0.29, 0.717) is 0 Å². The molecule has 0 saturated carbocycles. The Morgan fingerprint density at radius 2 is 1.62 bits per heavy atom. The van der Waals surface area contributed by atoms with Crippen LogP contribution in [0.2, 0.25) is 0 Å². The maximum Gasteiger partial charge on any atom is 1.00 e. The number of unbranched alkanes of at least 4 members (excludes halogenated alkanes) is 1. The molecule has 1 aliphatic rings. The minimum Gasteiger partial charge on any atom is -0.358 e. The van der Waals surface area contributed by atoms with E-state index in [1.807, 2.05) is 24.3 Å². The van der Waals surface area contributed by atoms with Gasteiger partial charge in [-0.3, -0.25) is 35.9 Å². The Balaban J connectivity index is -0.000000374. The van der Waals surface area contributed by atoms with E-state index in [1.54, 1.807) is 0 Å². The molecule has 0 nitrogen and oxygen atoms in total. The van der Waals surface area contributed by atoms with E-state index in [2.05, 4.69) is 111 Å². The smallest absolute Gasteiger partial charge is 0.358 e. The van der Waals surface area contributed by atoms with Crippen molar-refractivity contribution in [3.63, 3.8) is 0 Å². The quantitative estimate of drug-likeness (QED) is 0.197. The summed E-state index contributed by atoms with van der Waals surface area (Å²) in [4.78, 5) is 0. The van der Waals surface area contributed by atoms with Crippen molar-refractivity contribution in [3.8, 4) is 0 Å². The molecule has 0 N–H and O–H groups in total. The summed E-state index contributed by atoms with van der Waals surface area (Å²) in [6.45, 7) is 25.3. The van der Waals surface area contributed by atoms with Crippen molar-refractivity contribution >= 4 is 5.57 Å². The van der Waals surface area contributed by atoms with Crippen LogP contribution in [0.4, 0.5) is 0 Å². The van der Waals surface area contributed by atoms with Crippen LogP contribution >= 0.6 is 0 Å². The van der Waals surface area contributed by atoms with E-state index in [1.165, 1.54) is 29.6 Å². The summed E-state index contributed by atoms with van der Waals surface area (Å²) >= 11 is 0. The molecule has 1 aromatic rings. The van der Waals surface area contributed by atoms with Crippen LogP contribution in [-0.4, -0.2) is 0 Å². The monoisotopic (exact) mass is 575 g/mol. The summed E-state index contributed by atoms with van der Waals surface area (Å²) in [5.41, 5.74) is 8.30. The summed E-state index contributed by atoms with van der Waals surface area (Å²) in [7, 11) is 0. The molecule has 0 amide bonds. The van der Waals surface area contributed by atoms with Crippen LogP contribution in [-0.2, 0) is 0 Å². The Bertz CT molecular complexity index is 921. The second kappa shape index (κ2) is 31.4. The number of rotatable bonds is 9. The molecule has 2 rings (SSSR count). The maximum absolute atomic E-state index is 4.44. The van der Waals surface area contributed by atoms with Gasteiger partial charge >= 0.3 is 103 Å². The van der Waals surface area contributed by atoms with E-state index in [-0.39, 0.29) is 110 Å². The Morgan fingerprint density at radius 1 is 0.974 bits per heavy atom. The van der Waals surface area contributed by atoms with Gasteiger partial charge in [0, 0.05) is 0 Å². The molecule has 0 bridgehead atoms. The van der Waals surface area contributed by atoms with Gasteiger partial charge in [-0.05, 0) is 37.3 Å². The predicted molar refractivity (Wildman–Crippen MR) is 171 cm³/mol. The first-order valence-electron chi connectivity index (χ1n) is 13.7. The zero-order valence-electron chi connectivity index (χ0n) is 27.1. The fourth-order valence-electron chi connectivity index (χ4n) is 3.58. The first-order valence-corrected chi connectivity index (χ1v) is 13.7. The fourth-order valence-corrected chi connectivity index (χ4v) is 3.58. The molecule has 0 heterocycles. The molecular formula is C37H53K2-3. The third kappa shape index (κ3) is 21.7. The van der Waals surface area contributed by atoms with Crippen molar-refractivity contribution < 1.29 is 103 Å². The number of benzene rings is 1. The van der Waals surface area contributed by atoms with E-state index in [4.69, 9.17) is 0 Å². The maximum atomic E-state index is 4.44. The van der Waals surface area contributed by atoms with Crippen LogP contribution in [0.1, 0.15) is 98.5 Å². The molecular weight excluding hydrogens is 523 g/mol. The van der Waals surface area contributed by atoms with Crippen LogP contribution in [0.3, 0.4) is 0 Å². The Morgan fingerprint density at radius 3 is 2.13 bits per heavy atom. The van der Waals surface area contributed by atoms with Gasteiger partial charge in [-0.25, -0.2) is 25.5 Å². The van der Waals surface area contributed by atoms with E-state index in [9.17, 15) is 0 Å². The summed E-state index contributed by atoms with van der Waals surface area (Å²) in [6, 6.07) is 12.2. The molecule has 1 aliphatic carbocycles. The summed E-state index contributed by atoms with van der Waals surface area (Å²) in [5, 5.41) is 0. The average Bonchev–Trinajstić information content (AvgIpc) is 2.86. The van der Waals surface area contributed by atoms with Crippen molar-refractivity contribution in [1.29, 1.82) is 0 Å². The van der Waals surface area contributed by atoms with Gasteiger partial charge in [-0.1, -0.05) is 108 Å². The molecule has 39 heavy (non-hydrogen) atoms. The minimum atomic E-state index is 0. The third-order valence-electron chi connectivity index (χ3n) is 5.42. The van der Waals surface area contributed by atoms with Crippen molar-refractivity contribution in [2.24, 2.45) is 0 Å². The van der Waals surface area contributed by atoms with Gasteiger partial charge < -0.3 is 7.43 Å². The molecule has 0 aromatic heterocycles. The SMILES string of the molecule is C=C(/C1=C/C=C\C=C(/C)CC1)C(=C\CCC)/C(=C/[CH2-])c1[c-]cc[c-]c1.CCC.[CH2-]/C(=C/CC)CCC.[CH3-].[K+].[K+]. The number of hydrogen-bond acceptors (Lipinski definition) is 0. The van der Waals surface area contributed by atoms with Crippen LogP contribution in [0.15, 0.2) is 95.2 Å². The van der Waals surface area contributed by atoms with Gasteiger partial charge in [0.05, 0.1) is 0 Å². The molecule has 206 valence electrons. The van der Waals surface area contributed by atoms with Gasteiger partial charge in [0.2, 0.25) is 0 Å². The number of hydrogen-bond donors (Lipinski definition) is 0.